The maximum atomic E-state index is 12.6. The lowest BCUT2D eigenvalue weighted by molar-refractivity contribution is 0.104. The van der Waals surface area contributed by atoms with Gasteiger partial charge in [0.2, 0.25) is 0 Å². The van der Waals surface area contributed by atoms with E-state index in [2.05, 4.69) is 4.98 Å². The van der Waals surface area contributed by atoms with Crippen LogP contribution in [0.15, 0.2) is 35.3 Å². The van der Waals surface area contributed by atoms with Crippen LogP contribution >= 0.6 is 0 Å². The molecule has 148 valence electrons. The van der Waals surface area contributed by atoms with Gasteiger partial charge in [-0.1, -0.05) is 53.0 Å². The lowest BCUT2D eigenvalue weighted by Crippen LogP contribution is -2.26. The number of aryl methyl sites for hydroxylation is 2. The van der Waals surface area contributed by atoms with Crippen LogP contribution in [0.4, 0.5) is 0 Å². The molecule has 1 aliphatic carbocycles. The second-order valence-electron chi connectivity index (χ2n) is 6.36. The third-order valence-corrected chi connectivity index (χ3v) is 4.82. The van der Waals surface area contributed by atoms with Crippen molar-refractivity contribution < 1.29 is 4.79 Å². The monoisotopic (exact) mass is 370 g/mol. The van der Waals surface area contributed by atoms with Crippen molar-refractivity contribution in [2.75, 3.05) is 0 Å². The molecular formula is C23H34N2O2. The number of pyridine rings is 2. The lowest BCUT2D eigenvalue weighted by atomic mass is 9.88. The van der Waals surface area contributed by atoms with Crippen molar-refractivity contribution in [3.8, 4) is 0 Å². The van der Waals surface area contributed by atoms with Gasteiger partial charge in [0, 0.05) is 18.6 Å². The predicted molar refractivity (Wildman–Crippen MR) is 114 cm³/mol. The molecule has 0 N–H and O–H groups in total. The van der Waals surface area contributed by atoms with Crippen LogP contribution in [0.2, 0.25) is 0 Å². The third-order valence-electron chi connectivity index (χ3n) is 4.82. The Kier molecular flexibility index (Phi) is 9.70. The molecule has 0 unspecified atom stereocenters. The van der Waals surface area contributed by atoms with Crippen molar-refractivity contribution in [2.24, 2.45) is 13.0 Å². The van der Waals surface area contributed by atoms with Gasteiger partial charge in [-0.05, 0) is 49.5 Å². The molecule has 0 amide bonds. The molecule has 2 heterocycles. The Labute approximate surface area is 163 Å². The van der Waals surface area contributed by atoms with Crippen LogP contribution in [0.1, 0.15) is 75.7 Å². The summed E-state index contributed by atoms with van der Waals surface area (Å²) < 4.78 is 1.46. The summed E-state index contributed by atoms with van der Waals surface area (Å²) in [6.45, 7) is 9.83. The molecule has 0 spiro atoms. The van der Waals surface area contributed by atoms with E-state index in [0.717, 1.165) is 23.8 Å². The molecule has 1 saturated carbocycles. The molecule has 0 atom stereocenters. The largest absolute Gasteiger partial charge is 0.295 e. The van der Waals surface area contributed by atoms with Crippen molar-refractivity contribution in [3.63, 3.8) is 0 Å². The van der Waals surface area contributed by atoms with Crippen LogP contribution in [0, 0.1) is 12.8 Å². The minimum absolute atomic E-state index is 0.195. The molecule has 0 bridgehead atoms. The first kappa shape index (κ1) is 22.8. The first-order chi connectivity index (χ1) is 13.1. The van der Waals surface area contributed by atoms with Gasteiger partial charge in [0.05, 0.1) is 5.56 Å². The third kappa shape index (κ3) is 5.38. The van der Waals surface area contributed by atoms with Gasteiger partial charge in [-0.3, -0.25) is 14.2 Å². The fourth-order valence-corrected chi connectivity index (χ4v) is 3.44. The normalized spacial score (nSPS) is 14.3. The fourth-order valence-electron chi connectivity index (χ4n) is 3.44. The van der Waals surface area contributed by atoms with Gasteiger partial charge in [0.1, 0.15) is 5.65 Å². The molecule has 2 aromatic rings. The van der Waals surface area contributed by atoms with E-state index in [0.29, 0.717) is 11.6 Å². The van der Waals surface area contributed by atoms with E-state index in [1.165, 1.54) is 23.8 Å². The van der Waals surface area contributed by atoms with Crippen LogP contribution in [0.25, 0.3) is 11.0 Å². The smallest absolute Gasteiger partial charge is 0.263 e. The summed E-state index contributed by atoms with van der Waals surface area (Å²) in [7, 11) is 1.67. The molecule has 0 aliphatic heterocycles. The molecule has 0 saturated heterocycles. The number of hydrogen-bond donors (Lipinski definition) is 0. The number of ketones is 1. The van der Waals surface area contributed by atoms with Crippen LogP contribution in [-0.2, 0) is 7.05 Å². The molecule has 1 aliphatic rings. The van der Waals surface area contributed by atoms with E-state index in [1.807, 2.05) is 52.8 Å². The van der Waals surface area contributed by atoms with Gasteiger partial charge >= 0.3 is 0 Å². The van der Waals surface area contributed by atoms with E-state index in [-0.39, 0.29) is 16.9 Å². The summed E-state index contributed by atoms with van der Waals surface area (Å²) in [5.74, 6) is 0.276. The van der Waals surface area contributed by atoms with Crippen LogP contribution < -0.4 is 5.56 Å². The SMILES string of the molecule is CC.CC.Cc1c(C(=O)/C=C/C2CCCCC2)c(=O)n(C)c2ncccc12. The Bertz CT molecular complexity index is 828. The highest BCUT2D eigenvalue weighted by Crippen LogP contribution is 2.25. The topological polar surface area (TPSA) is 52.0 Å². The minimum atomic E-state index is -0.271. The number of aromatic nitrogens is 2. The first-order valence-corrected chi connectivity index (χ1v) is 10.3. The van der Waals surface area contributed by atoms with Gasteiger partial charge in [-0.25, -0.2) is 4.98 Å². The van der Waals surface area contributed by atoms with Crippen molar-refractivity contribution >= 4 is 16.8 Å². The highest BCUT2D eigenvalue weighted by Gasteiger charge is 2.18. The zero-order chi connectivity index (χ0) is 20.4. The second kappa shape index (κ2) is 11.5. The van der Waals surface area contributed by atoms with Crippen molar-refractivity contribution in [2.45, 2.75) is 66.7 Å². The first-order valence-electron chi connectivity index (χ1n) is 10.3. The van der Waals surface area contributed by atoms with Gasteiger partial charge in [0.15, 0.2) is 5.78 Å². The number of rotatable bonds is 3. The van der Waals surface area contributed by atoms with Crippen LogP contribution in [0.5, 0.6) is 0 Å². The standard InChI is InChI=1S/C19H22N2O2.2C2H6/c1-13-15-9-6-12-20-18(15)21(2)19(23)17(13)16(22)11-10-14-7-4-3-5-8-14;2*1-2/h6,9-12,14H,3-5,7-8H2,1-2H3;2*1-2H3/b11-10+;;. The number of allylic oxidation sites excluding steroid dienone is 2. The molecule has 3 rings (SSSR count). The highest BCUT2D eigenvalue weighted by atomic mass is 16.1. The number of nitrogens with zero attached hydrogens (tertiary/aromatic N) is 2. The maximum absolute atomic E-state index is 12.6. The molecule has 1 fully saturated rings. The molecule has 2 aromatic heterocycles. The van der Waals surface area contributed by atoms with Crippen molar-refractivity contribution in [3.05, 3.63) is 52.0 Å². The summed E-state index contributed by atoms with van der Waals surface area (Å²) in [6.07, 6.45) is 11.3. The van der Waals surface area contributed by atoms with Gasteiger partial charge in [-0.2, -0.15) is 0 Å². The minimum Gasteiger partial charge on any atom is -0.295 e. The molecule has 4 nitrogen and oxygen atoms in total. The zero-order valence-corrected chi connectivity index (χ0v) is 17.7. The maximum Gasteiger partial charge on any atom is 0.263 e. The van der Waals surface area contributed by atoms with E-state index < -0.39 is 0 Å². The highest BCUT2D eigenvalue weighted by molar-refractivity contribution is 6.07. The Morgan fingerprint density at radius 1 is 1.15 bits per heavy atom. The molecule has 27 heavy (non-hydrogen) atoms. The van der Waals surface area contributed by atoms with E-state index in [4.69, 9.17) is 0 Å². The Hall–Kier alpha value is -2.23. The number of carbonyl (C=O) groups excluding carboxylic acids is 1. The van der Waals surface area contributed by atoms with E-state index in [9.17, 15) is 9.59 Å². The summed E-state index contributed by atoms with van der Waals surface area (Å²) >= 11 is 0. The van der Waals surface area contributed by atoms with Crippen LogP contribution in [-0.4, -0.2) is 15.3 Å². The van der Waals surface area contributed by atoms with Gasteiger partial charge in [0.25, 0.3) is 5.56 Å². The average molecular weight is 371 g/mol. The Morgan fingerprint density at radius 2 is 1.78 bits per heavy atom. The van der Waals surface area contributed by atoms with Crippen LogP contribution in [0.3, 0.4) is 0 Å². The molecule has 0 aromatic carbocycles. The van der Waals surface area contributed by atoms with Crippen molar-refractivity contribution in [1.82, 2.24) is 9.55 Å². The number of hydrogen-bond acceptors (Lipinski definition) is 3. The Morgan fingerprint density at radius 3 is 2.41 bits per heavy atom. The molecule has 4 heteroatoms. The second-order valence-corrected chi connectivity index (χ2v) is 6.36. The zero-order valence-electron chi connectivity index (χ0n) is 17.7. The van der Waals surface area contributed by atoms with Gasteiger partial charge in [-0.15, -0.1) is 0 Å². The van der Waals surface area contributed by atoms with Gasteiger partial charge < -0.3 is 0 Å². The van der Waals surface area contributed by atoms with E-state index >= 15 is 0 Å². The fraction of sp³-hybridized carbons (Fsp3) is 0.522. The van der Waals surface area contributed by atoms with Crippen molar-refractivity contribution in [1.29, 1.82) is 0 Å². The average Bonchev–Trinajstić information content (AvgIpc) is 2.74. The summed E-state index contributed by atoms with van der Waals surface area (Å²) in [4.78, 5) is 29.4. The van der Waals surface area contributed by atoms with E-state index in [1.54, 1.807) is 19.3 Å². The predicted octanol–water partition coefficient (Wildman–Crippen LogP) is 5.61. The summed E-state index contributed by atoms with van der Waals surface area (Å²) in [5, 5.41) is 0.851. The number of carbonyl (C=O) groups is 1. The molecule has 0 radical (unpaired) electrons. The Balaban J connectivity index is 0.000000855. The summed E-state index contributed by atoms with van der Waals surface area (Å²) in [6, 6.07) is 3.73. The number of fused-ring (bicyclic) bond motifs is 1. The lowest BCUT2D eigenvalue weighted by Gasteiger charge is -2.17. The molecular weight excluding hydrogens is 336 g/mol. The summed E-state index contributed by atoms with van der Waals surface area (Å²) in [5.41, 5.74) is 1.32. The quantitative estimate of drug-likeness (QED) is 0.521.